The van der Waals surface area contributed by atoms with Crippen LogP contribution in [0.2, 0.25) is 5.02 Å². The second-order valence-corrected chi connectivity index (χ2v) is 9.51. The van der Waals surface area contributed by atoms with Crippen molar-refractivity contribution in [3.8, 4) is 5.69 Å². The number of aromatic nitrogens is 5. The lowest BCUT2D eigenvalue weighted by Crippen LogP contribution is -2.42. The Hall–Kier alpha value is -2.42. The Labute approximate surface area is 182 Å². The zero-order chi connectivity index (χ0) is 20.3. The minimum absolute atomic E-state index is 0.538. The molecular weight excluding hydrogens is 420 g/mol. The smallest absolute Gasteiger partial charge is 0.104 e. The fourth-order valence-electron chi connectivity index (χ4n) is 4.27. The Morgan fingerprint density at radius 2 is 1.93 bits per heavy atom. The highest BCUT2D eigenvalue weighted by Gasteiger charge is 2.36. The number of anilines is 1. The third kappa shape index (κ3) is 3.02. The molecule has 4 aromatic rings. The van der Waals surface area contributed by atoms with Crippen LogP contribution in [0.1, 0.15) is 36.6 Å². The van der Waals surface area contributed by atoms with Gasteiger partial charge in [0.15, 0.2) is 0 Å². The molecule has 30 heavy (non-hydrogen) atoms. The zero-order valence-corrected chi connectivity index (χ0v) is 17.9. The highest BCUT2D eigenvalue weighted by atomic mass is 35.5. The molecule has 2 aliphatic rings. The van der Waals surface area contributed by atoms with Crippen molar-refractivity contribution >= 4 is 39.5 Å². The van der Waals surface area contributed by atoms with Crippen LogP contribution < -0.4 is 4.90 Å². The van der Waals surface area contributed by atoms with E-state index < -0.39 is 5.60 Å². The van der Waals surface area contributed by atoms with Gasteiger partial charge in [-0.3, -0.25) is 9.67 Å². The Kier molecular flexibility index (Phi) is 4.16. The number of hydrogen-bond donors (Lipinski definition) is 1. The summed E-state index contributed by atoms with van der Waals surface area (Å²) in [5.74, 6) is 0. The van der Waals surface area contributed by atoms with Crippen LogP contribution in [-0.2, 0) is 5.60 Å². The lowest BCUT2D eigenvalue weighted by Gasteiger charge is -2.39. The topological polar surface area (TPSA) is 72.0 Å². The maximum atomic E-state index is 11.0. The van der Waals surface area contributed by atoms with E-state index in [0.29, 0.717) is 23.9 Å². The summed E-state index contributed by atoms with van der Waals surface area (Å²) in [6, 6.07) is 4.62. The van der Waals surface area contributed by atoms with Crippen molar-refractivity contribution < 1.29 is 5.11 Å². The molecule has 2 fully saturated rings. The summed E-state index contributed by atoms with van der Waals surface area (Å²) in [6.07, 6.45) is 11.3. The van der Waals surface area contributed by atoms with Crippen LogP contribution in [-0.4, -0.2) is 42.7 Å². The van der Waals surface area contributed by atoms with E-state index in [1.807, 2.05) is 27.8 Å². The zero-order valence-electron chi connectivity index (χ0n) is 16.3. The Bertz CT molecular complexity index is 1200. The molecule has 9 heteroatoms. The standard InChI is InChI=1S/C21H21ClN6OS/c22-17-7-14-9-25-28(16-10-24-27(12-16)15-1-2-15)18(14)8-19(17)26-5-3-21(29,4-6-26)20-11-23-13-30-20/h7-13,15,29H,1-6H2. The van der Waals surface area contributed by atoms with Crippen molar-refractivity contribution in [3.63, 3.8) is 0 Å². The first-order valence-electron chi connectivity index (χ1n) is 10.2. The number of benzene rings is 1. The maximum absolute atomic E-state index is 11.0. The average molecular weight is 441 g/mol. The second kappa shape index (κ2) is 6.80. The van der Waals surface area contributed by atoms with Gasteiger partial charge in [0, 0.05) is 24.7 Å². The van der Waals surface area contributed by atoms with Gasteiger partial charge in [-0.25, -0.2) is 4.68 Å². The van der Waals surface area contributed by atoms with Gasteiger partial charge in [0.2, 0.25) is 0 Å². The number of rotatable bonds is 4. The van der Waals surface area contributed by atoms with Crippen LogP contribution >= 0.6 is 22.9 Å². The first-order valence-corrected chi connectivity index (χ1v) is 11.4. The normalized spacial score (nSPS) is 18.9. The van der Waals surface area contributed by atoms with Crippen molar-refractivity contribution in [1.82, 2.24) is 24.5 Å². The van der Waals surface area contributed by atoms with Gasteiger partial charge in [-0.05, 0) is 37.8 Å². The van der Waals surface area contributed by atoms with Crippen molar-refractivity contribution in [2.24, 2.45) is 0 Å². The molecule has 1 saturated heterocycles. The molecule has 1 N–H and O–H groups in total. The van der Waals surface area contributed by atoms with Gasteiger partial charge in [-0.1, -0.05) is 11.6 Å². The lowest BCUT2D eigenvalue weighted by atomic mass is 9.90. The summed E-state index contributed by atoms with van der Waals surface area (Å²) in [5, 5.41) is 21.8. The van der Waals surface area contributed by atoms with E-state index in [1.54, 1.807) is 11.7 Å². The fraction of sp³-hybridized carbons (Fsp3) is 0.381. The number of nitrogens with zero attached hydrogens (tertiary/aromatic N) is 6. The molecular formula is C21H21ClN6OS. The molecule has 3 aromatic heterocycles. The van der Waals surface area contributed by atoms with Crippen molar-refractivity contribution in [3.05, 3.63) is 52.3 Å². The molecule has 0 unspecified atom stereocenters. The van der Waals surface area contributed by atoms with Gasteiger partial charge >= 0.3 is 0 Å². The molecule has 1 aliphatic heterocycles. The fourth-order valence-corrected chi connectivity index (χ4v) is 5.34. The first kappa shape index (κ1) is 18.4. The summed E-state index contributed by atoms with van der Waals surface area (Å²) in [4.78, 5) is 7.32. The van der Waals surface area contributed by atoms with Crippen LogP contribution in [0.5, 0.6) is 0 Å². The SMILES string of the molecule is OC1(c2cncs2)CCN(c2cc3c(cnn3-c3cnn(C4CC4)c3)cc2Cl)CC1. The van der Waals surface area contributed by atoms with Gasteiger partial charge in [-0.15, -0.1) is 11.3 Å². The summed E-state index contributed by atoms with van der Waals surface area (Å²) in [6.45, 7) is 1.46. The van der Waals surface area contributed by atoms with Crippen LogP contribution in [0.15, 0.2) is 42.4 Å². The molecule has 6 rings (SSSR count). The van der Waals surface area contributed by atoms with Gasteiger partial charge in [-0.2, -0.15) is 10.2 Å². The Morgan fingerprint density at radius 3 is 2.67 bits per heavy atom. The lowest BCUT2D eigenvalue weighted by molar-refractivity contribution is 0.0151. The van der Waals surface area contributed by atoms with E-state index in [4.69, 9.17) is 11.6 Å². The number of fused-ring (bicyclic) bond motifs is 1. The minimum atomic E-state index is -0.798. The average Bonchev–Trinajstić information content (AvgIpc) is 3.15. The summed E-state index contributed by atoms with van der Waals surface area (Å²) >= 11 is 8.17. The number of halogens is 1. The van der Waals surface area contributed by atoms with E-state index in [1.165, 1.54) is 24.2 Å². The van der Waals surface area contributed by atoms with Gasteiger partial charge in [0.05, 0.1) is 51.2 Å². The third-order valence-corrected chi connectivity index (χ3v) is 7.48. The monoisotopic (exact) mass is 440 g/mol. The number of thiazole rings is 1. The van der Waals surface area contributed by atoms with Crippen LogP contribution in [0.3, 0.4) is 0 Å². The summed E-state index contributed by atoms with van der Waals surface area (Å²) in [7, 11) is 0. The molecule has 0 bridgehead atoms. The van der Waals surface area contributed by atoms with Crippen LogP contribution in [0.4, 0.5) is 5.69 Å². The molecule has 154 valence electrons. The van der Waals surface area contributed by atoms with Crippen LogP contribution in [0.25, 0.3) is 16.6 Å². The minimum Gasteiger partial charge on any atom is -0.384 e. The molecule has 1 aliphatic carbocycles. The predicted octanol–water partition coefficient (Wildman–Crippen LogP) is 4.15. The first-order chi connectivity index (χ1) is 14.6. The highest BCUT2D eigenvalue weighted by molar-refractivity contribution is 7.09. The predicted molar refractivity (Wildman–Crippen MR) is 118 cm³/mol. The highest BCUT2D eigenvalue weighted by Crippen LogP contribution is 2.39. The van der Waals surface area contributed by atoms with E-state index in [9.17, 15) is 5.11 Å². The third-order valence-electron chi connectivity index (χ3n) is 6.21. The number of hydrogen-bond acceptors (Lipinski definition) is 6. The van der Waals surface area contributed by atoms with E-state index in [0.717, 1.165) is 40.2 Å². The van der Waals surface area contributed by atoms with E-state index in [2.05, 4.69) is 32.3 Å². The molecule has 1 saturated carbocycles. The molecule has 0 amide bonds. The Morgan fingerprint density at radius 1 is 1.10 bits per heavy atom. The molecule has 4 heterocycles. The van der Waals surface area contributed by atoms with Crippen molar-refractivity contribution in [2.75, 3.05) is 18.0 Å². The molecule has 1 aromatic carbocycles. The van der Waals surface area contributed by atoms with Gasteiger partial charge in [0.25, 0.3) is 0 Å². The maximum Gasteiger partial charge on any atom is 0.104 e. The molecule has 0 radical (unpaired) electrons. The van der Waals surface area contributed by atoms with Gasteiger partial charge < -0.3 is 10.0 Å². The largest absolute Gasteiger partial charge is 0.384 e. The van der Waals surface area contributed by atoms with Gasteiger partial charge in [0.1, 0.15) is 11.3 Å². The quantitative estimate of drug-likeness (QED) is 0.516. The molecule has 0 atom stereocenters. The van der Waals surface area contributed by atoms with E-state index >= 15 is 0 Å². The summed E-state index contributed by atoms with van der Waals surface area (Å²) < 4.78 is 3.96. The second-order valence-electron chi connectivity index (χ2n) is 8.21. The van der Waals surface area contributed by atoms with Crippen molar-refractivity contribution in [1.29, 1.82) is 0 Å². The van der Waals surface area contributed by atoms with Crippen LogP contribution in [0, 0.1) is 0 Å². The molecule has 7 nitrogen and oxygen atoms in total. The van der Waals surface area contributed by atoms with E-state index in [-0.39, 0.29) is 0 Å². The summed E-state index contributed by atoms with van der Waals surface area (Å²) in [5.41, 5.74) is 3.92. The van der Waals surface area contributed by atoms with Crippen molar-refractivity contribution in [2.45, 2.75) is 37.3 Å². The number of piperidine rings is 1. The number of aliphatic hydroxyl groups is 1. The Balaban J connectivity index is 1.31. The molecule has 0 spiro atoms.